The summed E-state index contributed by atoms with van der Waals surface area (Å²) in [4.78, 5) is 29.7. The third-order valence-electron chi connectivity index (χ3n) is 3.18. The predicted octanol–water partition coefficient (Wildman–Crippen LogP) is 0.462. The van der Waals surface area contributed by atoms with Gasteiger partial charge >= 0.3 is 12.0 Å². The third kappa shape index (κ3) is 2.61. The molecule has 0 saturated heterocycles. The highest BCUT2D eigenvalue weighted by atomic mass is 16.4. The van der Waals surface area contributed by atoms with Crippen LogP contribution in [-0.4, -0.2) is 32.6 Å². The fourth-order valence-corrected chi connectivity index (χ4v) is 1.83. The maximum atomic E-state index is 11.7. The summed E-state index contributed by atoms with van der Waals surface area (Å²) >= 11 is 0. The number of hydrogen-bond acceptors (Lipinski definition) is 3. The van der Waals surface area contributed by atoms with Crippen LogP contribution in [0, 0.1) is 5.92 Å². The zero-order valence-corrected chi connectivity index (χ0v) is 10.1. The van der Waals surface area contributed by atoms with Crippen LogP contribution < -0.4 is 10.6 Å². The van der Waals surface area contributed by atoms with Crippen LogP contribution in [0.5, 0.6) is 0 Å². The lowest BCUT2D eigenvalue weighted by Gasteiger charge is -2.26. The molecule has 1 fully saturated rings. The lowest BCUT2D eigenvalue weighted by Crippen LogP contribution is -2.56. The smallest absolute Gasteiger partial charge is 0.329 e. The summed E-state index contributed by atoms with van der Waals surface area (Å²) in [5.41, 5.74) is -1.19. The molecule has 0 aromatic carbocycles. The third-order valence-corrected chi connectivity index (χ3v) is 3.18. The number of carbonyl (C=O) groups is 2. The lowest BCUT2D eigenvalue weighted by atomic mass is 9.96. The summed E-state index contributed by atoms with van der Waals surface area (Å²) in [5.74, 6) is -0.365. The van der Waals surface area contributed by atoms with E-state index in [1.165, 1.54) is 0 Å². The topological polar surface area (TPSA) is 107 Å². The molecular formula is C11H16N4O3. The van der Waals surface area contributed by atoms with Gasteiger partial charge in [-0.15, -0.1) is 0 Å². The molecule has 0 spiro atoms. The molecule has 0 aliphatic heterocycles. The average Bonchev–Trinajstić information content (AvgIpc) is 3.04. The Balaban J connectivity index is 1.87. The van der Waals surface area contributed by atoms with Crippen LogP contribution in [0.2, 0.25) is 0 Å². The normalized spacial score (nSPS) is 17.8. The Morgan fingerprint density at radius 1 is 1.61 bits per heavy atom. The number of urea groups is 1. The number of carbonyl (C=O) groups excluding carboxylic acids is 1. The quantitative estimate of drug-likeness (QED) is 0.610. The second-order valence-corrected chi connectivity index (χ2v) is 4.63. The number of aromatic nitrogens is 2. The van der Waals surface area contributed by atoms with Crippen molar-refractivity contribution in [2.24, 2.45) is 5.92 Å². The minimum atomic E-state index is -1.19. The van der Waals surface area contributed by atoms with Crippen LogP contribution in [0.3, 0.4) is 0 Å². The molecule has 1 saturated carbocycles. The molecule has 7 nitrogen and oxygen atoms in total. The molecule has 1 atom stereocenters. The monoisotopic (exact) mass is 252 g/mol. The molecular weight excluding hydrogens is 236 g/mol. The van der Waals surface area contributed by atoms with Crippen molar-refractivity contribution in [3.05, 3.63) is 18.2 Å². The van der Waals surface area contributed by atoms with Gasteiger partial charge in [-0.1, -0.05) is 0 Å². The maximum absolute atomic E-state index is 11.7. The molecule has 7 heteroatoms. The number of H-pyrrole nitrogens is 1. The molecule has 1 aliphatic rings. The van der Waals surface area contributed by atoms with Crippen molar-refractivity contribution in [1.29, 1.82) is 0 Å². The van der Waals surface area contributed by atoms with Crippen molar-refractivity contribution in [3.8, 4) is 0 Å². The first-order valence-corrected chi connectivity index (χ1v) is 5.80. The highest BCUT2D eigenvalue weighted by Gasteiger charge is 2.48. The summed E-state index contributed by atoms with van der Waals surface area (Å²) in [6.07, 6.45) is 4.91. The Kier molecular flexibility index (Phi) is 3.22. The van der Waals surface area contributed by atoms with E-state index in [-0.39, 0.29) is 12.5 Å². The van der Waals surface area contributed by atoms with Gasteiger partial charge in [0.2, 0.25) is 0 Å². The van der Waals surface area contributed by atoms with Gasteiger partial charge in [-0.25, -0.2) is 14.6 Å². The largest absolute Gasteiger partial charge is 0.480 e. The van der Waals surface area contributed by atoms with Gasteiger partial charge in [0.15, 0.2) is 0 Å². The molecule has 0 radical (unpaired) electrons. The van der Waals surface area contributed by atoms with Crippen LogP contribution in [0.1, 0.15) is 25.6 Å². The molecule has 2 rings (SSSR count). The van der Waals surface area contributed by atoms with Crippen molar-refractivity contribution < 1.29 is 14.7 Å². The minimum absolute atomic E-state index is 0.0179. The van der Waals surface area contributed by atoms with Crippen LogP contribution in [0.15, 0.2) is 12.4 Å². The standard InChI is InChI=1S/C11H16N4O3/c1-11(9(16)17,7-2-3-7)15-10(18)14-6-8-12-4-5-13-8/h4-5,7H,2-3,6H2,1H3,(H,12,13)(H,16,17)(H2,14,15,18). The first-order chi connectivity index (χ1) is 8.52. The van der Waals surface area contributed by atoms with Crippen LogP contribution >= 0.6 is 0 Å². The molecule has 18 heavy (non-hydrogen) atoms. The van der Waals surface area contributed by atoms with Crippen LogP contribution in [0.25, 0.3) is 0 Å². The van der Waals surface area contributed by atoms with E-state index in [4.69, 9.17) is 0 Å². The Bertz CT molecular complexity index is 441. The molecule has 4 N–H and O–H groups in total. The Morgan fingerprint density at radius 3 is 2.83 bits per heavy atom. The number of amides is 2. The molecule has 2 amide bonds. The van der Waals surface area contributed by atoms with E-state index in [0.717, 1.165) is 12.8 Å². The number of carboxylic acids is 1. The van der Waals surface area contributed by atoms with Gasteiger partial charge in [0, 0.05) is 12.4 Å². The average molecular weight is 252 g/mol. The van der Waals surface area contributed by atoms with Gasteiger partial charge in [0.1, 0.15) is 11.4 Å². The van der Waals surface area contributed by atoms with E-state index < -0.39 is 17.5 Å². The fourth-order valence-electron chi connectivity index (χ4n) is 1.83. The zero-order chi connectivity index (χ0) is 13.2. The summed E-state index contributed by atoms with van der Waals surface area (Å²) in [6.45, 7) is 1.78. The summed E-state index contributed by atoms with van der Waals surface area (Å²) in [6, 6.07) is -0.497. The number of carboxylic acid groups (broad SMARTS) is 1. The second kappa shape index (κ2) is 4.67. The number of nitrogens with zero attached hydrogens (tertiary/aromatic N) is 1. The van der Waals surface area contributed by atoms with Gasteiger partial charge in [-0.05, 0) is 25.7 Å². The van der Waals surface area contributed by atoms with Crippen molar-refractivity contribution >= 4 is 12.0 Å². The number of nitrogens with one attached hydrogen (secondary N) is 3. The molecule has 1 heterocycles. The van der Waals surface area contributed by atoms with E-state index in [1.54, 1.807) is 19.3 Å². The predicted molar refractivity (Wildman–Crippen MR) is 62.7 cm³/mol. The number of aliphatic carboxylic acids is 1. The molecule has 1 aromatic rings. The van der Waals surface area contributed by atoms with Crippen molar-refractivity contribution in [3.63, 3.8) is 0 Å². The number of aromatic amines is 1. The van der Waals surface area contributed by atoms with Crippen LogP contribution in [-0.2, 0) is 11.3 Å². The lowest BCUT2D eigenvalue weighted by molar-refractivity contribution is -0.144. The van der Waals surface area contributed by atoms with Gasteiger partial charge in [-0.2, -0.15) is 0 Å². The Hall–Kier alpha value is -2.05. The Labute approximate surface area is 104 Å². The van der Waals surface area contributed by atoms with Gasteiger partial charge in [0.05, 0.1) is 6.54 Å². The second-order valence-electron chi connectivity index (χ2n) is 4.63. The molecule has 98 valence electrons. The van der Waals surface area contributed by atoms with E-state index in [9.17, 15) is 14.7 Å². The van der Waals surface area contributed by atoms with Gasteiger partial charge in [-0.3, -0.25) is 0 Å². The summed E-state index contributed by atoms with van der Waals surface area (Å²) < 4.78 is 0. The van der Waals surface area contributed by atoms with Crippen molar-refractivity contribution in [2.45, 2.75) is 31.8 Å². The van der Waals surface area contributed by atoms with E-state index in [1.807, 2.05) is 0 Å². The number of imidazole rings is 1. The number of hydrogen-bond donors (Lipinski definition) is 4. The molecule has 1 unspecified atom stereocenters. The molecule has 1 aromatic heterocycles. The summed E-state index contributed by atoms with van der Waals surface area (Å²) in [5, 5.41) is 14.3. The van der Waals surface area contributed by atoms with Crippen molar-refractivity contribution in [1.82, 2.24) is 20.6 Å². The van der Waals surface area contributed by atoms with Gasteiger partial charge < -0.3 is 20.7 Å². The first-order valence-electron chi connectivity index (χ1n) is 5.80. The van der Waals surface area contributed by atoms with E-state index in [2.05, 4.69) is 20.6 Å². The highest BCUT2D eigenvalue weighted by Crippen LogP contribution is 2.39. The zero-order valence-electron chi connectivity index (χ0n) is 10.1. The first kappa shape index (κ1) is 12.4. The van der Waals surface area contributed by atoms with Gasteiger partial charge in [0.25, 0.3) is 0 Å². The number of rotatable bonds is 5. The molecule has 0 bridgehead atoms. The fraction of sp³-hybridized carbons (Fsp3) is 0.545. The Morgan fingerprint density at radius 2 is 2.33 bits per heavy atom. The van der Waals surface area contributed by atoms with Crippen molar-refractivity contribution in [2.75, 3.05) is 0 Å². The maximum Gasteiger partial charge on any atom is 0.329 e. The van der Waals surface area contributed by atoms with E-state index in [0.29, 0.717) is 5.82 Å². The summed E-state index contributed by atoms with van der Waals surface area (Å²) in [7, 11) is 0. The van der Waals surface area contributed by atoms with E-state index >= 15 is 0 Å². The highest BCUT2D eigenvalue weighted by molar-refractivity contribution is 5.86. The van der Waals surface area contributed by atoms with Crippen LogP contribution in [0.4, 0.5) is 4.79 Å². The minimum Gasteiger partial charge on any atom is -0.480 e. The SMILES string of the molecule is CC(NC(=O)NCc1ncc[nH]1)(C(=O)O)C1CC1. The molecule has 1 aliphatic carbocycles.